The molecule has 1 aromatic heterocycles. The third-order valence-electron chi connectivity index (χ3n) is 3.30. The lowest BCUT2D eigenvalue weighted by molar-refractivity contribution is 0.361. The Morgan fingerprint density at radius 1 is 1.21 bits per heavy atom. The molecular formula is C16H22N2O. The van der Waals surface area contributed by atoms with Crippen molar-refractivity contribution in [3.8, 4) is 5.88 Å². The van der Waals surface area contributed by atoms with E-state index in [2.05, 4.69) is 45.0 Å². The first-order valence-corrected chi connectivity index (χ1v) is 6.84. The lowest BCUT2D eigenvalue weighted by Gasteiger charge is -2.10. The number of aryl methyl sites for hydroxylation is 1. The number of methoxy groups -OCH3 is 1. The maximum absolute atomic E-state index is 5.59. The molecule has 0 aliphatic carbocycles. The first-order valence-electron chi connectivity index (χ1n) is 6.84. The number of ether oxygens (including phenoxy) is 1. The van der Waals surface area contributed by atoms with Gasteiger partial charge in [-0.25, -0.2) is 4.68 Å². The molecule has 0 atom stereocenters. The monoisotopic (exact) mass is 258 g/mol. The highest BCUT2D eigenvalue weighted by atomic mass is 16.5. The minimum Gasteiger partial charge on any atom is -0.481 e. The number of rotatable bonds is 5. The fourth-order valence-corrected chi connectivity index (χ4v) is 2.43. The fraction of sp³-hybridized carbons (Fsp3) is 0.438. The maximum atomic E-state index is 5.59. The molecule has 0 amide bonds. The van der Waals surface area contributed by atoms with Crippen molar-refractivity contribution in [2.45, 2.75) is 39.7 Å². The lowest BCUT2D eigenvalue weighted by Crippen LogP contribution is -2.05. The number of hydrogen-bond acceptors (Lipinski definition) is 2. The van der Waals surface area contributed by atoms with Crippen LogP contribution in [0.5, 0.6) is 5.88 Å². The zero-order valence-corrected chi connectivity index (χ0v) is 12.2. The van der Waals surface area contributed by atoms with Crippen molar-refractivity contribution in [2.24, 2.45) is 0 Å². The second-order valence-electron chi connectivity index (χ2n) is 5.02. The topological polar surface area (TPSA) is 27.1 Å². The quantitative estimate of drug-likeness (QED) is 0.819. The van der Waals surface area contributed by atoms with Crippen molar-refractivity contribution in [1.29, 1.82) is 0 Å². The zero-order chi connectivity index (χ0) is 13.8. The molecule has 0 aliphatic rings. The summed E-state index contributed by atoms with van der Waals surface area (Å²) in [5.74, 6) is 1.32. The van der Waals surface area contributed by atoms with Gasteiger partial charge in [-0.3, -0.25) is 0 Å². The van der Waals surface area contributed by atoms with E-state index in [0.717, 1.165) is 24.5 Å². The highest BCUT2D eigenvalue weighted by Gasteiger charge is 2.20. The second-order valence-corrected chi connectivity index (χ2v) is 5.02. The van der Waals surface area contributed by atoms with Crippen LogP contribution in [-0.4, -0.2) is 16.9 Å². The van der Waals surface area contributed by atoms with Crippen molar-refractivity contribution >= 4 is 0 Å². The molecule has 0 unspecified atom stereocenters. The first kappa shape index (κ1) is 13.7. The summed E-state index contributed by atoms with van der Waals surface area (Å²) in [7, 11) is 1.73. The van der Waals surface area contributed by atoms with E-state index in [9.17, 15) is 0 Å². The van der Waals surface area contributed by atoms with Gasteiger partial charge in [0.25, 0.3) is 0 Å². The van der Waals surface area contributed by atoms with Gasteiger partial charge in [0.1, 0.15) is 0 Å². The van der Waals surface area contributed by atoms with Gasteiger partial charge in [-0.05, 0) is 17.9 Å². The molecule has 3 heteroatoms. The van der Waals surface area contributed by atoms with Crippen molar-refractivity contribution in [3.63, 3.8) is 0 Å². The zero-order valence-electron chi connectivity index (χ0n) is 12.2. The van der Waals surface area contributed by atoms with Gasteiger partial charge in [-0.2, -0.15) is 5.10 Å². The Kier molecular flexibility index (Phi) is 4.25. The fourth-order valence-electron chi connectivity index (χ4n) is 2.43. The van der Waals surface area contributed by atoms with Gasteiger partial charge < -0.3 is 4.74 Å². The van der Waals surface area contributed by atoms with Crippen LogP contribution >= 0.6 is 0 Å². The van der Waals surface area contributed by atoms with E-state index in [-0.39, 0.29) is 0 Å². The second kappa shape index (κ2) is 5.91. The third kappa shape index (κ3) is 2.80. The minimum atomic E-state index is 0.425. The Balaban J connectivity index is 2.40. The Labute approximate surface area is 115 Å². The molecule has 3 nitrogen and oxygen atoms in total. The van der Waals surface area contributed by atoms with Gasteiger partial charge in [0.15, 0.2) is 0 Å². The van der Waals surface area contributed by atoms with Crippen LogP contribution in [0, 0.1) is 0 Å². The molecule has 2 rings (SSSR count). The molecule has 0 saturated heterocycles. The van der Waals surface area contributed by atoms with Gasteiger partial charge in [-0.1, -0.05) is 51.1 Å². The van der Waals surface area contributed by atoms with Crippen molar-refractivity contribution in [2.75, 3.05) is 7.11 Å². The van der Waals surface area contributed by atoms with Gasteiger partial charge in [-0.15, -0.1) is 0 Å². The highest BCUT2D eigenvalue weighted by molar-refractivity contribution is 5.35. The van der Waals surface area contributed by atoms with Crippen molar-refractivity contribution in [3.05, 3.63) is 47.2 Å². The maximum Gasteiger partial charge on any atom is 0.215 e. The van der Waals surface area contributed by atoms with Gasteiger partial charge in [0.05, 0.1) is 19.3 Å². The van der Waals surface area contributed by atoms with Crippen LogP contribution in [-0.2, 0) is 13.0 Å². The summed E-state index contributed by atoms with van der Waals surface area (Å²) in [5, 5.41) is 4.71. The molecule has 1 aromatic carbocycles. The normalized spacial score (nSPS) is 11.0. The molecule has 102 valence electrons. The van der Waals surface area contributed by atoms with E-state index < -0.39 is 0 Å². The number of nitrogens with zero attached hydrogens (tertiary/aromatic N) is 2. The molecule has 0 spiro atoms. The predicted octanol–water partition coefficient (Wildman–Crippen LogP) is 3.63. The van der Waals surface area contributed by atoms with Crippen LogP contribution in [0.25, 0.3) is 0 Å². The van der Waals surface area contributed by atoms with E-state index in [1.165, 1.54) is 11.1 Å². The summed E-state index contributed by atoms with van der Waals surface area (Å²) in [5.41, 5.74) is 3.62. The Hall–Kier alpha value is -1.77. The minimum absolute atomic E-state index is 0.425. The van der Waals surface area contributed by atoms with E-state index in [4.69, 9.17) is 9.84 Å². The van der Waals surface area contributed by atoms with Crippen LogP contribution in [0.1, 0.15) is 43.5 Å². The molecule has 0 saturated carbocycles. The molecule has 0 radical (unpaired) electrons. The summed E-state index contributed by atoms with van der Waals surface area (Å²) in [6.45, 7) is 7.27. The molecule has 0 bridgehead atoms. The number of benzene rings is 1. The van der Waals surface area contributed by atoms with Crippen LogP contribution in [0.15, 0.2) is 30.3 Å². The largest absolute Gasteiger partial charge is 0.481 e. The van der Waals surface area contributed by atoms with Crippen LogP contribution in [0.3, 0.4) is 0 Å². The molecular weight excluding hydrogens is 236 g/mol. The Morgan fingerprint density at radius 3 is 2.42 bits per heavy atom. The van der Waals surface area contributed by atoms with Crippen LogP contribution < -0.4 is 4.74 Å². The highest BCUT2D eigenvalue weighted by Crippen LogP contribution is 2.30. The smallest absolute Gasteiger partial charge is 0.215 e. The SMILES string of the molecule is CCc1nn(Cc2ccccc2)c(OC)c1C(C)C. The molecule has 0 N–H and O–H groups in total. The average molecular weight is 258 g/mol. The summed E-state index contributed by atoms with van der Waals surface area (Å²) in [6, 6.07) is 10.4. The summed E-state index contributed by atoms with van der Waals surface area (Å²) >= 11 is 0. The lowest BCUT2D eigenvalue weighted by atomic mass is 10.0. The molecule has 0 aliphatic heterocycles. The molecule has 19 heavy (non-hydrogen) atoms. The molecule has 2 aromatic rings. The Morgan fingerprint density at radius 2 is 1.89 bits per heavy atom. The Bertz CT molecular complexity index is 529. The van der Waals surface area contributed by atoms with Crippen LogP contribution in [0.4, 0.5) is 0 Å². The first-order chi connectivity index (χ1) is 9.17. The number of aromatic nitrogens is 2. The van der Waals surface area contributed by atoms with Crippen molar-refractivity contribution < 1.29 is 4.74 Å². The summed E-state index contributed by atoms with van der Waals surface area (Å²) < 4.78 is 7.57. The van der Waals surface area contributed by atoms with E-state index in [1.54, 1.807) is 7.11 Å². The number of hydrogen-bond donors (Lipinski definition) is 0. The van der Waals surface area contributed by atoms with Crippen LogP contribution in [0.2, 0.25) is 0 Å². The van der Waals surface area contributed by atoms with E-state index in [0.29, 0.717) is 5.92 Å². The summed E-state index contributed by atoms with van der Waals surface area (Å²) in [6.07, 6.45) is 0.936. The standard InChI is InChI=1S/C16H22N2O/c1-5-14-15(12(2)3)16(19-4)18(17-14)11-13-9-7-6-8-10-13/h6-10,12H,5,11H2,1-4H3. The van der Waals surface area contributed by atoms with Gasteiger partial charge in [0, 0.05) is 5.56 Å². The summed E-state index contributed by atoms with van der Waals surface area (Å²) in [4.78, 5) is 0. The predicted molar refractivity (Wildman–Crippen MR) is 77.8 cm³/mol. The van der Waals surface area contributed by atoms with E-state index >= 15 is 0 Å². The van der Waals surface area contributed by atoms with Gasteiger partial charge >= 0.3 is 0 Å². The molecule has 1 heterocycles. The van der Waals surface area contributed by atoms with Gasteiger partial charge in [0.2, 0.25) is 5.88 Å². The van der Waals surface area contributed by atoms with E-state index in [1.807, 2.05) is 10.7 Å². The third-order valence-corrected chi connectivity index (χ3v) is 3.30. The van der Waals surface area contributed by atoms with Crippen molar-refractivity contribution in [1.82, 2.24) is 9.78 Å². The average Bonchev–Trinajstić information content (AvgIpc) is 2.77. The molecule has 0 fully saturated rings.